The van der Waals surface area contributed by atoms with Gasteiger partial charge in [0, 0.05) is 18.8 Å². The van der Waals surface area contributed by atoms with Crippen molar-refractivity contribution in [3.05, 3.63) is 54.4 Å². The number of amides is 2. The Morgan fingerprint density at radius 3 is 2.69 bits per heavy atom. The molecule has 0 radical (unpaired) electrons. The average Bonchev–Trinajstić information content (AvgIpc) is 3.18. The summed E-state index contributed by atoms with van der Waals surface area (Å²) in [5.74, 6) is 2.49. The lowest BCUT2D eigenvalue weighted by Crippen LogP contribution is -2.50. The minimum atomic E-state index is -0.158. The number of ether oxygens (including phenoxy) is 2. The van der Waals surface area contributed by atoms with Crippen LogP contribution in [0.2, 0.25) is 0 Å². The predicted molar refractivity (Wildman–Crippen MR) is 107 cm³/mol. The fourth-order valence-electron chi connectivity index (χ4n) is 3.14. The highest BCUT2D eigenvalue weighted by molar-refractivity contribution is 5.90. The lowest BCUT2D eigenvalue weighted by Gasteiger charge is -2.36. The molecule has 0 spiro atoms. The zero-order valence-electron chi connectivity index (χ0n) is 16.3. The smallest absolute Gasteiger partial charge is 0.321 e. The fraction of sp³-hybridized carbons (Fsp3) is 0.286. The van der Waals surface area contributed by atoms with Crippen LogP contribution in [0.5, 0.6) is 11.5 Å². The molecule has 0 atom stereocenters. The Bertz CT molecular complexity index is 980. The van der Waals surface area contributed by atoms with Crippen molar-refractivity contribution in [3.63, 3.8) is 0 Å². The van der Waals surface area contributed by atoms with E-state index in [1.165, 1.54) is 0 Å². The van der Waals surface area contributed by atoms with Gasteiger partial charge in [-0.05, 0) is 43.3 Å². The maximum Gasteiger partial charge on any atom is 0.321 e. The van der Waals surface area contributed by atoms with E-state index in [0.717, 1.165) is 17.0 Å². The molecule has 2 heterocycles. The monoisotopic (exact) mass is 394 g/mol. The van der Waals surface area contributed by atoms with E-state index in [-0.39, 0.29) is 11.9 Å². The SMILES string of the molecule is CCOc1ccc(NC(=O)N2CC(c3nc(-c4ccccc4OC)no3)C2)cc1. The first kappa shape index (κ1) is 18.8. The van der Waals surface area contributed by atoms with Crippen LogP contribution >= 0.6 is 0 Å². The van der Waals surface area contributed by atoms with Gasteiger partial charge in [-0.25, -0.2) is 4.79 Å². The van der Waals surface area contributed by atoms with Crippen LogP contribution in [0, 0.1) is 0 Å². The van der Waals surface area contributed by atoms with Crippen molar-refractivity contribution in [1.82, 2.24) is 15.0 Å². The maximum absolute atomic E-state index is 12.4. The quantitative estimate of drug-likeness (QED) is 0.684. The van der Waals surface area contributed by atoms with Gasteiger partial charge in [0.05, 0.1) is 25.2 Å². The summed E-state index contributed by atoms with van der Waals surface area (Å²) in [4.78, 5) is 18.6. The largest absolute Gasteiger partial charge is 0.496 e. The summed E-state index contributed by atoms with van der Waals surface area (Å²) in [5.41, 5.74) is 1.49. The lowest BCUT2D eigenvalue weighted by atomic mass is 10.0. The molecule has 0 unspecified atom stereocenters. The number of para-hydroxylation sites is 1. The van der Waals surface area contributed by atoms with Gasteiger partial charge in [0.15, 0.2) is 0 Å². The van der Waals surface area contributed by atoms with Gasteiger partial charge in [-0.15, -0.1) is 0 Å². The van der Waals surface area contributed by atoms with Crippen molar-refractivity contribution in [2.24, 2.45) is 0 Å². The Morgan fingerprint density at radius 1 is 1.21 bits per heavy atom. The van der Waals surface area contributed by atoms with Gasteiger partial charge in [-0.3, -0.25) is 0 Å². The third-order valence-corrected chi connectivity index (χ3v) is 4.72. The van der Waals surface area contributed by atoms with Gasteiger partial charge in [0.25, 0.3) is 0 Å². The highest BCUT2D eigenvalue weighted by Crippen LogP contribution is 2.31. The lowest BCUT2D eigenvalue weighted by molar-refractivity contribution is 0.147. The number of hydrogen-bond acceptors (Lipinski definition) is 6. The van der Waals surface area contributed by atoms with Crippen LogP contribution in [0.1, 0.15) is 18.7 Å². The molecule has 1 N–H and O–H groups in total. The number of likely N-dealkylation sites (tertiary alicyclic amines) is 1. The number of rotatable bonds is 6. The molecule has 1 fully saturated rings. The van der Waals surface area contributed by atoms with E-state index in [1.54, 1.807) is 12.0 Å². The number of hydrogen-bond donors (Lipinski definition) is 1. The molecule has 3 aromatic rings. The van der Waals surface area contributed by atoms with Crippen LogP contribution in [0.4, 0.5) is 10.5 Å². The van der Waals surface area contributed by atoms with Crippen LogP contribution in [0.3, 0.4) is 0 Å². The van der Waals surface area contributed by atoms with Gasteiger partial charge in [-0.1, -0.05) is 17.3 Å². The molecular weight excluding hydrogens is 372 g/mol. The number of nitrogens with zero attached hydrogens (tertiary/aromatic N) is 3. The number of nitrogens with one attached hydrogen (secondary N) is 1. The highest BCUT2D eigenvalue weighted by Gasteiger charge is 2.36. The molecule has 8 heteroatoms. The number of carbonyl (C=O) groups is 1. The van der Waals surface area contributed by atoms with E-state index in [9.17, 15) is 4.79 Å². The van der Waals surface area contributed by atoms with Crippen LogP contribution in [0.25, 0.3) is 11.4 Å². The zero-order valence-corrected chi connectivity index (χ0v) is 16.3. The van der Waals surface area contributed by atoms with Crippen LogP contribution in [0.15, 0.2) is 53.1 Å². The number of methoxy groups -OCH3 is 1. The zero-order chi connectivity index (χ0) is 20.2. The minimum absolute atomic E-state index is 0.0250. The highest BCUT2D eigenvalue weighted by atomic mass is 16.5. The molecular formula is C21H22N4O4. The van der Waals surface area contributed by atoms with E-state index in [4.69, 9.17) is 14.0 Å². The summed E-state index contributed by atoms with van der Waals surface area (Å²) in [7, 11) is 1.60. The molecule has 1 saturated heterocycles. The fourth-order valence-corrected chi connectivity index (χ4v) is 3.14. The molecule has 0 aliphatic carbocycles. The molecule has 150 valence electrons. The van der Waals surface area contributed by atoms with E-state index in [1.807, 2.05) is 55.5 Å². The van der Waals surface area contributed by atoms with Crippen molar-refractivity contribution in [3.8, 4) is 22.9 Å². The molecule has 1 aromatic heterocycles. The number of urea groups is 1. The second-order valence-corrected chi connectivity index (χ2v) is 6.65. The summed E-state index contributed by atoms with van der Waals surface area (Å²) in [6.07, 6.45) is 0. The standard InChI is InChI=1S/C21H22N4O4/c1-3-28-16-10-8-15(9-11-16)22-21(26)25-12-14(13-25)20-23-19(24-29-20)17-6-4-5-7-18(17)27-2/h4-11,14H,3,12-13H2,1-2H3,(H,22,26). The van der Waals surface area contributed by atoms with Crippen molar-refractivity contribution >= 4 is 11.7 Å². The Hall–Kier alpha value is -3.55. The first-order valence-corrected chi connectivity index (χ1v) is 9.43. The number of benzene rings is 2. The van der Waals surface area contributed by atoms with E-state index < -0.39 is 0 Å². The van der Waals surface area contributed by atoms with Gasteiger partial charge in [0.1, 0.15) is 11.5 Å². The summed E-state index contributed by atoms with van der Waals surface area (Å²) in [6, 6.07) is 14.6. The number of anilines is 1. The molecule has 2 aromatic carbocycles. The molecule has 29 heavy (non-hydrogen) atoms. The van der Waals surface area contributed by atoms with Gasteiger partial charge in [0.2, 0.25) is 11.7 Å². The first-order valence-electron chi connectivity index (χ1n) is 9.43. The molecule has 2 amide bonds. The maximum atomic E-state index is 12.4. The van der Waals surface area contributed by atoms with E-state index in [0.29, 0.717) is 37.2 Å². The third-order valence-electron chi connectivity index (χ3n) is 4.72. The van der Waals surface area contributed by atoms with E-state index in [2.05, 4.69) is 15.5 Å². The Morgan fingerprint density at radius 2 is 1.97 bits per heavy atom. The molecule has 4 rings (SSSR count). The van der Waals surface area contributed by atoms with E-state index >= 15 is 0 Å². The van der Waals surface area contributed by atoms with Gasteiger partial charge < -0.3 is 24.2 Å². The van der Waals surface area contributed by atoms with Gasteiger partial charge >= 0.3 is 6.03 Å². The Kier molecular flexibility index (Phi) is 5.33. The van der Waals surface area contributed by atoms with Crippen LogP contribution < -0.4 is 14.8 Å². The van der Waals surface area contributed by atoms with Crippen LogP contribution in [-0.2, 0) is 0 Å². The molecule has 8 nitrogen and oxygen atoms in total. The van der Waals surface area contributed by atoms with Crippen molar-refractivity contribution in [2.75, 3.05) is 32.1 Å². The summed E-state index contributed by atoms with van der Waals surface area (Å²) < 4.78 is 16.2. The molecule has 1 aliphatic rings. The van der Waals surface area contributed by atoms with Crippen molar-refractivity contribution in [1.29, 1.82) is 0 Å². The Balaban J connectivity index is 1.34. The number of aromatic nitrogens is 2. The first-order chi connectivity index (χ1) is 14.2. The number of carbonyl (C=O) groups excluding carboxylic acids is 1. The average molecular weight is 394 g/mol. The predicted octanol–water partition coefficient (Wildman–Crippen LogP) is 3.78. The summed E-state index contributed by atoms with van der Waals surface area (Å²) in [6.45, 7) is 3.58. The second-order valence-electron chi connectivity index (χ2n) is 6.65. The normalized spacial score (nSPS) is 13.7. The van der Waals surface area contributed by atoms with Crippen molar-refractivity contribution in [2.45, 2.75) is 12.8 Å². The second kappa shape index (κ2) is 8.22. The van der Waals surface area contributed by atoms with Crippen LogP contribution in [-0.4, -0.2) is 47.9 Å². The van der Waals surface area contributed by atoms with Crippen molar-refractivity contribution < 1.29 is 18.8 Å². The van der Waals surface area contributed by atoms with Gasteiger partial charge in [-0.2, -0.15) is 4.98 Å². The summed E-state index contributed by atoms with van der Waals surface area (Å²) >= 11 is 0. The topological polar surface area (TPSA) is 89.7 Å². The third kappa shape index (κ3) is 4.01. The molecule has 0 bridgehead atoms. The minimum Gasteiger partial charge on any atom is -0.496 e. The molecule has 0 saturated carbocycles. The molecule has 1 aliphatic heterocycles. The Labute approximate surface area is 168 Å². The summed E-state index contributed by atoms with van der Waals surface area (Å²) in [5, 5.41) is 6.94.